The summed E-state index contributed by atoms with van der Waals surface area (Å²) in [5.74, 6) is -0.129. The van der Waals surface area contributed by atoms with Crippen molar-refractivity contribution in [3.05, 3.63) is 48.0 Å². The molecule has 0 spiro atoms. The largest absolute Gasteiger partial charge is 0.354 e. The molecule has 2 aromatic carbocycles. The maximum Gasteiger partial charge on any atom is 0.252 e. The first kappa shape index (κ1) is 13.5. The molecule has 1 N–H and O–H groups in total. The fraction of sp³-hybridized carbons (Fsp3) is 0.267. The summed E-state index contributed by atoms with van der Waals surface area (Å²) in [6.07, 6.45) is -0.432. The predicted molar refractivity (Wildman–Crippen MR) is 74.1 cm³/mol. The number of methoxy groups -OCH3 is 2. The van der Waals surface area contributed by atoms with E-state index in [9.17, 15) is 4.79 Å². The summed E-state index contributed by atoms with van der Waals surface area (Å²) in [6, 6.07) is 13.5. The van der Waals surface area contributed by atoms with E-state index in [1.807, 2.05) is 42.5 Å². The van der Waals surface area contributed by atoms with Gasteiger partial charge in [0.1, 0.15) is 0 Å². The van der Waals surface area contributed by atoms with E-state index in [1.54, 1.807) is 0 Å². The van der Waals surface area contributed by atoms with E-state index >= 15 is 0 Å². The van der Waals surface area contributed by atoms with Crippen LogP contribution < -0.4 is 5.32 Å². The number of amides is 1. The molecule has 0 unspecified atom stereocenters. The van der Waals surface area contributed by atoms with Crippen molar-refractivity contribution in [2.45, 2.75) is 6.29 Å². The molecular formula is C15H17NO3. The second-order valence-corrected chi connectivity index (χ2v) is 4.14. The van der Waals surface area contributed by atoms with Gasteiger partial charge in [-0.25, -0.2) is 0 Å². The number of carbonyl (C=O) groups is 1. The average molecular weight is 259 g/mol. The molecule has 0 aliphatic heterocycles. The monoisotopic (exact) mass is 259 g/mol. The molecule has 0 aliphatic carbocycles. The van der Waals surface area contributed by atoms with Crippen LogP contribution in [0, 0.1) is 0 Å². The summed E-state index contributed by atoms with van der Waals surface area (Å²) in [7, 11) is 3.08. The van der Waals surface area contributed by atoms with E-state index in [4.69, 9.17) is 9.47 Å². The molecule has 4 nitrogen and oxygen atoms in total. The maximum absolute atomic E-state index is 12.2. The summed E-state index contributed by atoms with van der Waals surface area (Å²) in [6.45, 7) is 0.315. The molecule has 0 bridgehead atoms. The molecular weight excluding hydrogens is 242 g/mol. The van der Waals surface area contributed by atoms with E-state index in [1.165, 1.54) is 14.2 Å². The summed E-state index contributed by atoms with van der Waals surface area (Å²) < 4.78 is 10.1. The summed E-state index contributed by atoms with van der Waals surface area (Å²) in [4.78, 5) is 12.2. The minimum atomic E-state index is -0.432. The Morgan fingerprint density at radius 2 is 1.79 bits per heavy atom. The molecule has 0 aromatic heterocycles. The lowest BCUT2D eigenvalue weighted by Gasteiger charge is -2.14. The SMILES string of the molecule is COC(CNC(=O)c1cccc2ccccc12)OC. The summed E-state index contributed by atoms with van der Waals surface area (Å²) in [5, 5.41) is 4.79. The van der Waals surface area contributed by atoms with E-state index in [0.29, 0.717) is 12.1 Å². The number of ether oxygens (including phenoxy) is 2. The number of carbonyl (C=O) groups excluding carboxylic acids is 1. The Labute approximate surface area is 112 Å². The summed E-state index contributed by atoms with van der Waals surface area (Å²) in [5.41, 5.74) is 0.657. The standard InChI is InChI=1S/C15H17NO3/c1-18-14(19-2)10-16-15(17)13-9-5-7-11-6-3-4-8-12(11)13/h3-9,14H,10H2,1-2H3,(H,16,17). The van der Waals surface area contributed by atoms with Crippen molar-refractivity contribution in [2.24, 2.45) is 0 Å². The molecule has 0 heterocycles. The second-order valence-electron chi connectivity index (χ2n) is 4.14. The zero-order valence-corrected chi connectivity index (χ0v) is 11.1. The van der Waals surface area contributed by atoms with Gasteiger partial charge in [0.2, 0.25) is 0 Å². The Morgan fingerprint density at radius 3 is 2.53 bits per heavy atom. The van der Waals surface area contributed by atoms with Crippen molar-refractivity contribution in [2.75, 3.05) is 20.8 Å². The molecule has 0 atom stereocenters. The Hall–Kier alpha value is -1.91. The second kappa shape index (κ2) is 6.31. The van der Waals surface area contributed by atoms with Crippen LogP contribution in [-0.4, -0.2) is 33.0 Å². The topological polar surface area (TPSA) is 47.6 Å². The van der Waals surface area contributed by atoms with Gasteiger partial charge in [-0.1, -0.05) is 36.4 Å². The molecule has 1 amide bonds. The van der Waals surface area contributed by atoms with Gasteiger partial charge in [0, 0.05) is 19.8 Å². The highest BCUT2D eigenvalue weighted by Gasteiger charge is 2.11. The minimum Gasteiger partial charge on any atom is -0.354 e. The molecule has 2 aromatic rings. The first-order chi connectivity index (χ1) is 9.26. The number of nitrogens with one attached hydrogen (secondary N) is 1. The van der Waals surface area contributed by atoms with Crippen molar-refractivity contribution in [3.8, 4) is 0 Å². The van der Waals surface area contributed by atoms with Crippen LogP contribution in [-0.2, 0) is 9.47 Å². The number of fused-ring (bicyclic) bond motifs is 1. The Balaban J connectivity index is 2.17. The lowest BCUT2D eigenvalue weighted by Crippen LogP contribution is -2.34. The highest BCUT2D eigenvalue weighted by atomic mass is 16.7. The van der Waals surface area contributed by atoms with E-state index < -0.39 is 6.29 Å². The Morgan fingerprint density at radius 1 is 1.11 bits per heavy atom. The summed E-state index contributed by atoms with van der Waals surface area (Å²) >= 11 is 0. The number of benzene rings is 2. The smallest absolute Gasteiger partial charge is 0.252 e. The molecule has 100 valence electrons. The van der Waals surface area contributed by atoms with E-state index in [2.05, 4.69) is 5.32 Å². The zero-order valence-electron chi connectivity index (χ0n) is 11.1. The molecule has 0 aliphatic rings. The fourth-order valence-electron chi connectivity index (χ4n) is 1.96. The molecule has 0 saturated carbocycles. The van der Waals surface area contributed by atoms with Crippen molar-refractivity contribution in [1.82, 2.24) is 5.32 Å². The van der Waals surface area contributed by atoms with Crippen LogP contribution in [0.5, 0.6) is 0 Å². The first-order valence-electron chi connectivity index (χ1n) is 6.08. The van der Waals surface area contributed by atoms with Crippen molar-refractivity contribution >= 4 is 16.7 Å². The van der Waals surface area contributed by atoms with Crippen molar-refractivity contribution in [1.29, 1.82) is 0 Å². The van der Waals surface area contributed by atoms with Gasteiger partial charge >= 0.3 is 0 Å². The van der Waals surface area contributed by atoms with Crippen LogP contribution in [0.2, 0.25) is 0 Å². The Bertz CT molecular complexity index is 559. The normalized spacial score (nSPS) is 10.9. The van der Waals surface area contributed by atoms with Gasteiger partial charge in [0.15, 0.2) is 6.29 Å². The van der Waals surface area contributed by atoms with Gasteiger partial charge in [-0.3, -0.25) is 4.79 Å². The quantitative estimate of drug-likeness (QED) is 0.837. The third kappa shape index (κ3) is 3.10. The lowest BCUT2D eigenvalue weighted by atomic mass is 10.0. The van der Waals surface area contributed by atoms with Crippen LogP contribution in [0.3, 0.4) is 0 Å². The molecule has 0 saturated heterocycles. The van der Waals surface area contributed by atoms with Crippen LogP contribution in [0.15, 0.2) is 42.5 Å². The van der Waals surface area contributed by atoms with Crippen LogP contribution in [0.4, 0.5) is 0 Å². The number of hydrogen-bond acceptors (Lipinski definition) is 3. The number of rotatable bonds is 5. The highest BCUT2D eigenvalue weighted by molar-refractivity contribution is 6.06. The van der Waals surface area contributed by atoms with Crippen molar-refractivity contribution in [3.63, 3.8) is 0 Å². The predicted octanol–water partition coefficient (Wildman–Crippen LogP) is 2.19. The van der Waals surface area contributed by atoms with Gasteiger partial charge < -0.3 is 14.8 Å². The third-order valence-electron chi connectivity index (χ3n) is 2.99. The highest BCUT2D eigenvalue weighted by Crippen LogP contribution is 2.18. The van der Waals surface area contributed by atoms with Crippen molar-refractivity contribution < 1.29 is 14.3 Å². The molecule has 0 fully saturated rings. The maximum atomic E-state index is 12.2. The molecule has 19 heavy (non-hydrogen) atoms. The van der Waals surface area contributed by atoms with Gasteiger partial charge in [-0.15, -0.1) is 0 Å². The average Bonchev–Trinajstić information content (AvgIpc) is 2.47. The third-order valence-corrected chi connectivity index (χ3v) is 2.99. The molecule has 0 radical (unpaired) electrons. The van der Waals surface area contributed by atoms with Gasteiger partial charge in [0.05, 0.1) is 6.54 Å². The molecule has 2 rings (SSSR count). The van der Waals surface area contributed by atoms with E-state index in [-0.39, 0.29) is 5.91 Å². The van der Waals surface area contributed by atoms with Gasteiger partial charge in [-0.2, -0.15) is 0 Å². The van der Waals surface area contributed by atoms with Crippen LogP contribution in [0.25, 0.3) is 10.8 Å². The Kier molecular flexibility index (Phi) is 4.49. The van der Waals surface area contributed by atoms with Crippen LogP contribution >= 0.6 is 0 Å². The minimum absolute atomic E-state index is 0.129. The van der Waals surface area contributed by atoms with Gasteiger partial charge in [-0.05, 0) is 16.8 Å². The molecule has 4 heteroatoms. The zero-order chi connectivity index (χ0) is 13.7. The fourth-order valence-corrected chi connectivity index (χ4v) is 1.96. The van der Waals surface area contributed by atoms with Crippen LogP contribution in [0.1, 0.15) is 10.4 Å². The number of hydrogen-bond donors (Lipinski definition) is 1. The van der Waals surface area contributed by atoms with Gasteiger partial charge in [0.25, 0.3) is 5.91 Å². The lowest BCUT2D eigenvalue weighted by molar-refractivity contribution is -0.0974. The van der Waals surface area contributed by atoms with E-state index in [0.717, 1.165) is 10.8 Å². The first-order valence-corrected chi connectivity index (χ1v) is 6.08.